The van der Waals surface area contributed by atoms with Crippen molar-refractivity contribution in [2.45, 2.75) is 6.92 Å². The smallest absolute Gasteiger partial charge is 0.296 e. The summed E-state index contributed by atoms with van der Waals surface area (Å²) in [5.74, 6) is -0.631. The van der Waals surface area contributed by atoms with E-state index in [0.29, 0.717) is 17.0 Å². The monoisotopic (exact) mass is 269 g/mol. The summed E-state index contributed by atoms with van der Waals surface area (Å²) >= 11 is 3.32. The highest BCUT2D eigenvalue weighted by atomic mass is 79.9. The second kappa shape index (κ2) is 3.34. The fourth-order valence-corrected chi connectivity index (χ4v) is 1.98. The van der Waals surface area contributed by atoms with Gasteiger partial charge in [0.2, 0.25) is 0 Å². The lowest BCUT2D eigenvalue weighted by Gasteiger charge is -2.09. The average molecular weight is 270 g/mol. The number of carbonyl (C=O) groups is 2. The first-order chi connectivity index (χ1) is 7.06. The molecular formula is C10H8BrNO3. The molecule has 1 amide bonds. The van der Waals surface area contributed by atoms with Crippen molar-refractivity contribution >= 4 is 33.3 Å². The van der Waals surface area contributed by atoms with Crippen LogP contribution in [0.1, 0.15) is 15.9 Å². The third-order valence-electron chi connectivity index (χ3n) is 2.38. The summed E-state index contributed by atoms with van der Waals surface area (Å²) in [6.45, 7) is 1.78. The van der Waals surface area contributed by atoms with Gasteiger partial charge in [-0.1, -0.05) is 15.9 Å². The van der Waals surface area contributed by atoms with Gasteiger partial charge in [0, 0.05) is 4.47 Å². The minimum Gasteiger partial charge on any atom is -0.495 e. The molecule has 1 aromatic carbocycles. The van der Waals surface area contributed by atoms with Crippen molar-refractivity contribution in [1.29, 1.82) is 0 Å². The van der Waals surface area contributed by atoms with Gasteiger partial charge < -0.3 is 10.1 Å². The molecule has 4 nitrogen and oxygen atoms in total. The van der Waals surface area contributed by atoms with Crippen molar-refractivity contribution in [3.05, 3.63) is 21.7 Å². The van der Waals surface area contributed by atoms with Crippen molar-refractivity contribution in [2.24, 2.45) is 0 Å². The molecule has 1 aliphatic rings. The zero-order chi connectivity index (χ0) is 11.2. The first-order valence-electron chi connectivity index (χ1n) is 4.29. The predicted octanol–water partition coefficient (Wildman–Crippen LogP) is 1.90. The summed E-state index contributed by atoms with van der Waals surface area (Å²) < 4.78 is 5.85. The van der Waals surface area contributed by atoms with Gasteiger partial charge in [0.25, 0.3) is 11.7 Å². The Morgan fingerprint density at radius 3 is 2.67 bits per heavy atom. The van der Waals surface area contributed by atoms with Crippen LogP contribution in [-0.2, 0) is 4.79 Å². The molecule has 1 heterocycles. The van der Waals surface area contributed by atoms with Crippen LogP contribution in [0.2, 0.25) is 0 Å². The Morgan fingerprint density at radius 1 is 1.40 bits per heavy atom. The summed E-state index contributed by atoms with van der Waals surface area (Å²) in [5, 5.41) is 2.50. The third-order valence-corrected chi connectivity index (χ3v) is 3.20. The second-order valence-corrected chi connectivity index (χ2v) is 4.07. The molecule has 0 spiro atoms. The van der Waals surface area contributed by atoms with Crippen molar-refractivity contribution in [2.75, 3.05) is 12.4 Å². The molecule has 15 heavy (non-hydrogen) atoms. The van der Waals surface area contributed by atoms with Crippen molar-refractivity contribution < 1.29 is 14.3 Å². The summed E-state index contributed by atoms with van der Waals surface area (Å²) in [4.78, 5) is 22.8. The van der Waals surface area contributed by atoms with Crippen LogP contribution >= 0.6 is 15.9 Å². The minimum atomic E-state index is -0.607. The van der Waals surface area contributed by atoms with Crippen molar-refractivity contribution in [1.82, 2.24) is 0 Å². The Kier molecular flexibility index (Phi) is 2.26. The Bertz CT molecular complexity index is 482. The molecule has 0 aromatic heterocycles. The van der Waals surface area contributed by atoms with Crippen LogP contribution in [0, 0.1) is 6.92 Å². The average Bonchev–Trinajstić information content (AvgIpc) is 2.50. The Labute approximate surface area is 94.7 Å². The maximum atomic E-state index is 11.5. The summed E-state index contributed by atoms with van der Waals surface area (Å²) in [5.41, 5.74) is 1.61. The molecule has 1 aromatic rings. The number of hydrogen-bond acceptors (Lipinski definition) is 3. The van der Waals surface area contributed by atoms with Gasteiger partial charge in [-0.2, -0.15) is 0 Å². The molecule has 78 valence electrons. The fraction of sp³-hybridized carbons (Fsp3) is 0.200. The SMILES string of the molecule is COc1cc(Br)c(C)c2c1NC(=O)C2=O. The first kappa shape index (κ1) is 10.2. The van der Waals surface area contributed by atoms with E-state index in [1.807, 2.05) is 0 Å². The molecule has 5 heteroatoms. The predicted molar refractivity (Wildman–Crippen MR) is 58.4 cm³/mol. The van der Waals surface area contributed by atoms with E-state index in [9.17, 15) is 9.59 Å². The normalized spacial score (nSPS) is 13.8. The maximum Gasteiger partial charge on any atom is 0.296 e. The number of halogens is 1. The van der Waals surface area contributed by atoms with E-state index in [2.05, 4.69) is 21.2 Å². The number of ether oxygens (including phenoxy) is 1. The highest BCUT2D eigenvalue weighted by Crippen LogP contribution is 2.39. The molecule has 0 bridgehead atoms. The van der Waals surface area contributed by atoms with Crippen LogP contribution in [0.15, 0.2) is 10.5 Å². The van der Waals surface area contributed by atoms with E-state index in [1.165, 1.54) is 7.11 Å². The van der Waals surface area contributed by atoms with Crippen LogP contribution in [0.3, 0.4) is 0 Å². The molecule has 0 saturated carbocycles. The molecule has 2 rings (SSSR count). The largest absolute Gasteiger partial charge is 0.495 e. The number of rotatable bonds is 1. The number of Topliss-reactive ketones (excluding diaryl/α,β-unsaturated/α-hetero) is 1. The Hall–Kier alpha value is -1.36. The topological polar surface area (TPSA) is 55.4 Å². The minimum absolute atomic E-state index is 0.395. The van der Waals surface area contributed by atoms with Crippen LogP contribution in [0.25, 0.3) is 0 Å². The number of benzene rings is 1. The van der Waals surface area contributed by atoms with E-state index >= 15 is 0 Å². The zero-order valence-electron chi connectivity index (χ0n) is 8.18. The van der Waals surface area contributed by atoms with Crippen LogP contribution < -0.4 is 10.1 Å². The first-order valence-corrected chi connectivity index (χ1v) is 5.08. The maximum absolute atomic E-state index is 11.5. The lowest BCUT2D eigenvalue weighted by Crippen LogP contribution is -2.12. The number of amides is 1. The van der Waals surface area contributed by atoms with E-state index in [-0.39, 0.29) is 0 Å². The molecule has 0 saturated heterocycles. The van der Waals surface area contributed by atoms with Gasteiger partial charge in [-0.25, -0.2) is 0 Å². The van der Waals surface area contributed by atoms with E-state index in [0.717, 1.165) is 10.0 Å². The van der Waals surface area contributed by atoms with Gasteiger partial charge in [-0.15, -0.1) is 0 Å². The number of fused-ring (bicyclic) bond motifs is 1. The highest BCUT2D eigenvalue weighted by Gasteiger charge is 2.33. The Morgan fingerprint density at radius 2 is 2.07 bits per heavy atom. The summed E-state index contributed by atoms with van der Waals surface area (Å²) in [7, 11) is 1.49. The number of methoxy groups -OCH3 is 1. The van der Waals surface area contributed by atoms with Gasteiger partial charge in [-0.3, -0.25) is 9.59 Å². The fourth-order valence-electron chi connectivity index (χ4n) is 1.58. The van der Waals surface area contributed by atoms with Gasteiger partial charge >= 0.3 is 0 Å². The number of nitrogens with one attached hydrogen (secondary N) is 1. The van der Waals surface area contributed by atoms with Crippen molar-refractivity contribution in [3.8, 4) is 5.75 Å². The van der Waals surface area contributed by atoms with Crippen LogP contribution in [-0.4, -0.2) is 18.8 Å². The molecule has 1 N–H and O–H groups in total. The van der Waals surface area contributed by atoms with Gasteiger partial charge in [0.05, 0.1) is 18.4 Å². The number of ketones is 1. The third kappa shape index (κ3) is 1.34. The standard InChI is InChI=1S/C10H8BrNO3/c1-4-5(11)3-6(15-2)8-7(4)9(13)10(14)12-8/h3H,1-2H3,(H,12,13,14). The number of hydrogen-bond donors (Lipinski definition) is 1. The highest BCUT2D eigenvalue weighted by molar-refractivity contribution is 9.10. The molecule has 0 aliphatic carbocycles. The number of anilines is 1. The Balaban J connectivity index is 2.76. The molecular weight excluding hydrogens is 262 g/mol. The molecule has 0 radical (unpaired) electrons. The molecule has 0 fully saturated rings. The van der Waals surface area contributed by atoms with Gasteiger partial charge in [0.15, 0.2) is 0 Å². The van der Waals surface area contributed by atoms with Crippen LogP contribution in [0.4, 0.5) is 5.69 Å². The van der Waals surface area contributed by atoms with Crippen LogP contribution in [0.5, 0.6) is 5.75 Å². The quantitative estimate of drug-likeness (QED) is 0.793. The van der Waals surface area contributed by atoms with E-state index in [1.54, 1.807) is 13.0 Å². The van der Waals surface area contributed by atoms with E-state index in [4.69, 9.17) is 4.74 Å². The lowest BCUT2D eigenvalue weighted by molar-refractivity contribution is -0.112. The second-order valence-electron chi connectivity index (χ2n) is 3.22. The molecule has 0 atom stereocenters. The van der Waals surface area contributed by atoms with Gasteiger partial charge in [-0.05, 0) is 18.6 Å². The summed E-state index contributed by atoms with van der Waals surface area (Å²) in [6.07, 6.45) is 0. The molecule has 1 aliphatic heterocycles. The summed E-state index contributed by atoms with van der Waals surface area (Å²) in [6, 6.07) is 1.73. The van der Waals surface area contributed by atoms with Gasteiger partial charge in [0.1, 0.15) is 5.75 Å². The zero-order valence-corrected chi connectivity index (χ0v) is 9.77. The lowest BCUT2D eigenvalue weighted by atomic mass is 10.0. The number of carbonyl (C=O) groups excluding carboxylic acids is 2. The molecule has 0 unspecified atom stereocenters. The van der Waals surface area contributed by atoms with E-state index < -0.39 is 11.7 Å². The van der Waals surface area contributed by atoms with Crippen molar-refractivity contribution in [3.63, 3.8) is 0 Å².